The molecular formula is C11H16ClFN2O. The van der Waals surface area contributed by atoms with Crippen molar-refractivity contribution >= 4 is 23.0 Å². The maximum Gasteiger partial charge on any atom is 0.125 e. The topological polar surface area (TPSA) is 44.3 Å². The van der Waals surface area contributed by atoms with Gasteiger partial charge in [0.1, 0.15) is 5.82 Å². The lowest BCUT2D eigenvalue weighted by Gasteiger charge is -2.14. The highest BCUT2D eigenvalue weighted by atomic mass is 35.5. The molecule has 0 saturated carbocycles. The molecule has 16 heavy (non-hydrogen) atoms. The molecule has 1 rings (SSSR count). The molecule has 0 radical (unpaired) electrons. The van der Waals surface area contributed by atoms with Crippen LogP contribution in [0.25, 0.3) is 0 Å². The Bertz CT molecular complexity index is 336. The summed E-state index contributed by atoms with van der Waals surface area (Å²) in [6.07, 6.45) is -0.639. The first-order chi connectivity index (χ1) is 7.67. The normalized spacial score (nSPS) is 12.2. The highest BCUT2D eigenvalue weighted by Crippen LogP contribution is 2.22. The number of hydrogen-bond acceptors (Lipinski definition) is 3. The molecule has 0 aliphatic rings. The van der Waals surface area contributed by atoms with E-state index in [9.17, 15) is 9.50 Å². The molecule has 0 spiro atoms. The Kier molecular flexibility index (Phi) is 5.35. The molecule has 1 aromatic carbocycles. The van der Waals surface area contributed by atoms with Gasteiger partial charge < -0.3 is 15.7 Å². The second kappa shape index (κ2) is 6.55. The van der Waals surface area contributed by atoms with E-state index in [1.807, 2.05) is 6.92 Å². The van der Waals surface area contributed by atoms with Gasteiger partial charge in [-0.1, -0.05) is 0 Å². The number of halogens is 2. The van der Waals surface area contributed by atoms with Crippen LogP contribution in [0, 0.1) is 5.82 Å². The molecule has 1 aromatic rings. The molecule has 0 saturated heterocycles. The standard InChI is InChI=1S/C11H16ClFN2O/c1-2-14-10-4-3-8(13)5-11(10)15-7-9(16)6-12/h3-5,9,14-16H,2,6-7H2,1H3. The second-order valence-corrected chi connectivity index (χ2v) is 3.72. The van der Waals surface area contributed by atoms with Crippen molar-refractivity contribution in [2.75, 3.05) is 29.6 Å². The maximum absolute atomic E-state index is 13.0. The number of nitrogens with one attached hydrogen (secondary N) is 2. The number of benzene rings is 1. The minimum atomic E-state index is -0.639. The molecule has 0 bridgehead atoms. The Morgan fingerprint density at radius 3 is 2.75 bits per heavy atom. The lowest BCUT2D eigenvalue weighted by molar-refractivity contribution is 0.211. The van der Waals surface area contributed by atoms with Gasteiger partial charge in [-0.15, -0.1) is 11.6 Å². The first-order valence-electron chi connectivity index (χ1n) is 5.18. The van der Waals surface area contributed by atoms with Crippen molar-refractivity contribution in [3.05, 3.63) is 24.0 Å². The predicted molar refractivity (Wildman–Crippen MR) is 65.8 cm³/mol. The Morgan fingerprint density at radius 1 is 1.38 bits per heavy atom. The van der Waals surface area contributed by atoms with Gasteiger partial charge in [0.25, 0.3) is 0 Å². The molecule has 0 aliphatic carbocycles. The van der Waals surface area contributed by atoms with Crippen LogP contribution in [0.2, 0.25) is 0 Å². The van der Waals surface area contributed by atoms with Gasteiger partial charge in [0.15, 0.2) is 0 Å². The van der Waals surface area contributed by atoms with Crippen LogP contribution in [0.1, 0.15) is 6.92 Å². The quantitative estimate of drug-likeness (QED) is 0.675. The smallest absolute Gasteiger partial charge is 0.125 e. The summed E-state index contributed by atoms with van der Waals surface area (Å²) in [6, 6.07) is 4.44. The van der Waals surface area contributed by atoms with E-state index in [4.69, 9.17) is 11.6 Å². The van der Waals surface area contributed by atoms with Gasteiger partial charge in [0.05, 0.1) is 23.4 Å². The van der Waals surface area contributed by atoms with Crippen LogP contribution in [0.5, 0.6) is 0 Å². The molecule has 5 heteroatoms. The number of rotatable bonds is 6. The predicted octanol–water partition coefficient (Wildman–Crippen LogP) is 2.27. The largest absolute Gasteiger partial charge is 0.390 e. The lowest BCUT2D eigenvalue weighted by Crippen LogP contribution is -2.21. The zero-order valence-corrected chi connectivity index (χ0v) is 9.89. The van der Waals surface area contributed by atoms with Gasteiger partial charge in [-0.25, -0.2) is 4.39 Å². The minimum Gasteiger partial charge on any atom is -0.390 e. The van der Waals surface area contributed by atoms with E-state index >= 15 is 0 Å². The molecule has 3 N–H and O–H groups in total. The number of aliphatic hydroxyl groups excluding tert-OH is 1. The van der Waals surface area contributed by atoms with Crippen LogP contribution in [0.15, 0.2) is 18.2 Å². The summed E-state index contributed by atoms with van der Waals surface area (Å²) < 4.78 is 13.0. The van der Waals surface area contributed by atoms with E-state index in [0.717, 1.165) is 12.2 Å². The summed E-state index contributed by atoms with van der Waals surface area (Å²) in [4.78, 5) is 0. The molecule has 0 aromatic heterocycles. The molecule has 0 amide bonds. The molecule has 0 fully saturated rings. The third-order valence-electron chi connectivity index (χ3n) is 2.06. The SMILES string of the molecule is CCNc1ccc(F)cc1NCC(O)CCl. The van der Waals surface area contributed by atoms with Gasteiger partial charge in [-0.3, -0.25) is 0 Å². The molecule has 0 heterocycles. The van der Waals surface area contributed by atoms with Gasteiger partial charge in [-0.05, 0) is 25.1 Å². The van der Waals surface area contributed by atoms with E-state index in [1.165, 1.54) is 12.1 Å². The third-order valence-corrected chi connectivity index (χ3v) is 2.41. The number of alkyl halides is 1. The first-order valence-corrected chi connectivity index (χ1v) is 5.72. The summed E-state index contributed by atoms with van der Waals surface area (Å²) >= 11 is 5.47. The monoisotopic (exact) mass is 246 g/mol. The number of hydrogen-bond donors (Lipinski definition) is 3. The highest BCUT2D eigenvalue weighted by molar-refractivity contribution is 6.18. The van der Waals surface area contributed by atoms with E-state index in [0.29, 0.717) is 12.2 Å². The fourth-order valence-corrected chi connectivity index (χ4v) is 1.40. The van der Waals surface area contributed by atoms with E-state index in [2.05, 4.69) is 10.6 Å². The lowest BCUT2D eigenvalue weighted by atomic mass is 10.2. The summed E-state index contributed by atoms with van der Waals surface area (Å²) in [5, 5.41) is 15.4. The number of anilines is 2. The van der Waals surface area contributed by atoms with Crippen LogP contribution in [0.3, 0.4) is 0 Å². The molecular weight excluding hydrogens is 231 g/mol. The van der Waals surface area contributed by atoms with Gasteiger partial charge >= 0.3 is 0 Å². The average Bonchev–Trinajstić information content (AvgIpc) is 2.29. The van der Waals surface area contributed by atoms with Crippen molar-refractivity contribution in [3.8, 4) is 0 Å². The Balaban J connectivity index is 2.71. The van der Waals surface area contributed by atoms with Gasteiger partial charge in [0, 0.05) is 13.1 Å². The van der Waals surface area contributed by atoms with E-state index in [-0.39, 0.29) is 11.7 Å². The van der Waals surface area contributed by atoms with E-state index < -0.39 is 6.10 Å². The van der Waals surface area contributed by atoms with Gasteiger partial charge in [0.2, 0.25) is 0 Å². The van der Waals surface area contributed by atoms with Crippen LogP contribution in [-0.4, -0.2) is 30.2 Å². The first kappa shape index (κ1) is 13.1. The maximum atomic E-state index is 13.0. The third kappa shape index (κ3) is 3.87. The summed E-state index contributed by atoms with van der Waals surface area (Å²) in [6.45, 7) is 3.00. The van der Waals surface area contributed by atoms with E-state index in [1.54, 1.807) is 6.07 Å². The fourth-order valence-electron chi connectivity index (χ4n) is 1.29. The van der Waals surface area contributed by atoms with Crippen LogP contribution in [0.4, 0.5) is 15.8 Å². The second-order valence-electron chi connectivity index (χ2n) is 3.41. The average molecular weight is 247 g/mol. The zero-order valence-electron chi connectivity index (χ0n) is 9.13. The summed E-state index contributed by atoms with van der Waals surface area (Å²) in [5.41, 5.74) is 1.44. The Labute approximate surface area is 99.6 Å². The van der Waals surface area contributed by atoms with Crippen LogP contribution >= 0.6 is 11.6 Å². The molecule has 1 unspecified atom stereocenters. The molecule has 90 valence electrons. The van der Waals surface area contributed by atoms with Crippen LogP contribution < -0.4 is 10.6 Å². The van der Waals surface area contributed by atoms with Crippen molar-refractivity contribution in [1.82, 2.24) is 0 Å². The zero-order chi connectivity index (χ0) is 12.0. The van der Waals surface area contributed by atoms with Crippen molar-refractivity contribution in [2.45, 2.75) is 13.0 Å². The van der Waals surface area contributed by atoms with Crippen molar-refractivity contribution in [3.63, 3.8) is 0 Å². The van der Waals surface area contributed by atoms with Gasteiger partial charge in [-0.2, -0.15) is 0 Å². The Hall–Kier alpha value is -1.00. The van der Waals surface area contributed by atoms with Crippen LogP contribution in [-0.2, 0) is 0 Å². The minimum absolute atomic E-state index is 0.152. The molecule has 3 nitrogen and oxygen atoms in total. The number of aliphatic hydroxyl groups is 1. The summed E-state index contributed by atoms with van der Waals surface area (Å²) in [7, 11) is 0. The highest BCUT2D eigenvalue weighted by Gasteiger charge is 2.06. The molecule has 0 aliphatic heterocycles. The fraction of sp³-hybridized carbons (Fsp3) is 0.455. The van der Waals surface area contributed by atoms with Crippen molar-refractivity contribution in [1.29, 1.82) is 0 Å². The van der Waals surface area contributed by atoms with Crippen molar-refractivity contribution in [2.24, 2.45) is 0 Å². The summed E-state index contributed by atoms with van der Waals surface area (Å²) in [5.74, 6) is -0.164. The molecule has 1 atom stereocenters. The Morgan fingerprint density at radius 2 is 2.12 bits per heavy atom. The van der Waals surface area contributed by atoms with Crippen molar-refractivity contribution < 1.29 is 9.50 Å².